The number of aryl methyl sites for hydroxylation is 5. The highest BCUT2D eigenvalue weighted by Crippen LogP contribution is 2.17. The second-order valence-corrected chi connectivity index (χ2v) is 7.06. The fourth-order valence-corrected chi connectivity index (χ4v) is 3.44. The number of hydrogen-bond acceptors (Lipinski definition) is 4. The van der Waals surface area contributed by atoms with Crippen LogP contribution in [0.15, 0.2) is 42.5 Å². The second-order valence-electron chi connectivity index (χ2n) is 7.06. The molecule has 4 rings (SSSR count). The van der Waals surface area contributed by atoms with Gasteiger partial charge in [-0.1, -0.05) is 50.2 Å². The lowest BCUT2D eigenvalue weighted by Crippen LogP contribution is -2.07. The standard InChI is InChI=1S/C22H26N6/c1-4-15-27-20(24-21(26-27)18-9-7-6-8-10-18)14-13-19-23-22-17(5-2)12-11-16(3)28(22)25-19/h6-12H,4-5,13-15H2,1-3H3. The number of hydrogen-bond donors (Lipinski definition) is 0. The van der Waals surface area contributed by atoms with E-state index in [1.165, 1.54) is 5.56 Å². The van der Waals surface area contributed by atoms with Gasteiger partial charge in [-0.15, -0.1) is 0 Å². The van der Waals surface area contributed by atoms with Crippen LogP contribution in [0.25, 0.3) is 17.0 Å². The summed E-state index contributed by atoms with van der Waals surface area (Å²) in [6, 6.07) is 14.4. The molecule has 6 heteroatoms. The Bertz CT molecular complexity index is 1080. The summed E-state index contributed by atoms with van der Waals surface area (Å²) in [5.41, 5.74) is 4.35. The molecule has 0 aliphatic carbocycles. The molecule has 0 fully saturated rings. The van der Waals surface area contributed by atoms with Gasteiger partial charge in [0.2, 0.25) is 0 Å². The summed E-state index contributed by atoms with van der Waals surface area (Å²) >= 11 is 0. The van der Waals surface area contributed by atoms with Gasteiger partial charge >= 0.3 is 0 Å². The summed E-state index contributed by atoms with van der Waals surface area (Å²) in [4.78, 5) is 9.60. The van der Waals surface area contributed by atoms with Crippen molar-refractivity contribution in [1.82, 2.24) is 29.4 Å². The van der Waals surface area contributed by atoms with Gasteiger partial charge in [-0.3, -0.25) is 0 Å². The average molecular weight is 374 g/mol. The molecule has 0 aliphatic heterocycles. The van der Waals surface area contributed by atoms with Crippen LogP contribution < -0.4 is 0 Å². The van der Waals surface area contributed by atoms with E-state index in [1.54, 1.807) is 0 Å². The van der Waals surface area contributed by atoms with Gasteiger partial charge in [-0.2, -0.15) is 10.2 Å². The molecule has 3 aromatic heterocycles. The third-order valence-electron chi connectivity index (χ3n) is 4.97. The molecule has 4 aromatic rings. The third kappa shape index (κ3) is 3.54. The highest BCUT2D eigenvalue weighted by Gasteiger charge is 2.14. The topological polar surface area (TPSA) is 60.9 Å². The molecule has 0 bridgehead atoms. The SMILES string of the molecule is CCCn1nc(-c2ccccc2)nc1CCc1nc2c(CC)ccc(C)n2n1. The van der Waals surface area contributed by atoms with Crippen molar-refractivity contribution in [3.63, 3.8) is 0 Å². The van der Waals surface area contributed by atoms with Crippen molar-refractivity contribution in [1.29, 1.82) is 0 Å². The lowest BCUT2D eigenvalue weighted by atomic mass is 10.2. The van der Waals surface area contributed by atoms with Gasteiger partial charge in [-0.25, -0.2) is 19.2 Å². The zero-order valence-corrected chi connectivity index (χ0v) is 16.8. The predicted octanol–water partition coefficient (Wildman–Crippen LogP) is 4.05. The van der Waals surface area contributed by atoms with Crippen LogP contribution in [0.2, 0.25) is 0 Å². The van der Waals surface area contributed by atoms with E-state index in [-0.39, 0.29) is 0 Å². The van der Waals surface area contributed by atoms with Gasteiger partial charge in [0, 0.05) is 30.6 Å². The van der Waals surface area contributed by atoms with E-state index in [4.69, 9.17) is 20.2 Å². The Kier molecular flexibility index (Phi) is 5.19. The van der Waals surface area contributed by atoms with Gasteiger partial charge in [0.15, 0.2) is 17.3 Å². The third-order valence-corrected chi connectivity index (χ3v) is 4.97. The molecule has 0 unspecified atom stereocenters. The number of benzene rings is 1. The maximum Gasteiger partial charge on any atom is 0.181 e. The van der Waals surface area contributed by atoms with Crippen molar-refractivity contribution < 1.29 is 0 Å². The average Bonchev–Trinajstić information content (AvgIpc) is 3.33. The van der Waals surface area contributed by atoms with E-state index in [2.05, 4.69) is 32.9 Å². The molecule has 144 valence electrons. The molecule has 6 nitrogen and oxygen atoms in total. The Balaban J connectivity index is 1.60. The van der Waals surface area contributed by atoms with Crippen LogP contribution in [0.1, 0.15) is 43.2 Å². The number of nitrogens with zero attached hydrogens (tertiary/aromatic N) is 6. The first kappa shape index (κ1) is 18.3. The Morgan fingerprint density at radius 3 is 2.46 bits per heavy atom. The number of aromatic nitrogens is 6. The minimum absolute atomic E-state index is 0.751. The maximum absolute atomic E-state index is 4.81. The Hall–Kier alpha value is -3.02. The van der Waals surface area contributed by atoms with Crippen molar-refractivity contribution in [3.8, 4) is 11.4 Å². The minimum Gasteiger partial charge on any atom is -0.249 e. The van der Waals surface area contributed by atoms with Crippen LogP contribution in [-0.2, 0) is 25.8 Å². The van der Waals surface area contributed by atoms with Crippen molar-refractivity contribution >= 4 is 5.65 Å². The fourth-order valence-electron chi connectivity index (χ4n) is 3.44. The van der Waals surface area contributed by atoms with Crippen LogP contribution in [0.4, 0.5) is 0 Å². The number of rotatable bonds is 7. The van der Waals surface area contributed by atoms with Crippen LogP contribution in [0, 0.1) is 6.92 Å². The monoisotopic (exact) mass is 374 g/mol. The van der Waals surface area contributed by atoms with Crippen LogP contribution in [0.5, 0.6) is 0 Å². The molecule has 0 atom stereocenters. The van der Waals surface area contributed by atoms with E-state index in [1.807, 2.05) is 39.5 Å². The first-order valence-electron chi connectivity index (χ1n) is 10.0. The normalized spacial score (nSPS) is 11.4. The summed E-state index contributed by atoms with van der Waals surface area (Å²) in [5, 5.41) is 9.45. The Morgan fingerprint density at radius 2 is 1.71 bits per heavy atom. The van der Waals surface area contributed by atoms with E-state index < -0.39 is 0 Å². The van der Waals surface area contributed by atoms with Crippen molar-refractivity contribution in [2.45, 2.75) is 53.0 Å². The fraction of sp³-hybridized carbons (Fsp3) is 0.364. The molecule has 0 saturated heterocycles. The molecule has 1 aromatic carbocycles. The van der Waals surface area contributed by atoms with Gasteiger partial charge in [-0.05, 0) is 31.4 Å². The molecule has 0 amide bonds. The van der Waals surface area contributed by atoms with Crippen molar-refractivity contribution in [2.24, 2.45) is 0 Å². The Labute approximate surface area is 165 Å². The van der Waals surface area contributed by atoms with E-state index in [0.717, 1.165) is 66.6 Å². The van der Waals surface area contributed by atoms with Crippen molar-refractivity contribution in [2.75, 3.05) is 0 Å². The van der Waals surface area contributed by atoms with Gasteiger partial charge in [0.1, 0.15) is 5.82 Å². The van der Waals surface area contributed by atoms with Gasteiger partial charge in [0.05, 0.1) is 0 Å². The molecule has 0 N–H and O–H groups in total. The number of pyridine rings is 1. The summed E-state index contributed by atoms with van der Waals surface area (Å²) < 4.78 is 3.99. The highest BCUT2D eigenvalue weighted by molar-refractivity contribution is 5.54. The highest BCUT2D eigenvalue weighted by atomic mass is 15.3. The Morgan fingerprint density at radius 1 is 0.893 bits per heavy atom. The molecule has 3 heterocycles. The minimum atomic E-state index is 0.751. The summed E-state index contributed by atoms with van der Waals surface area (Å²) in [5.74, 6) is 2.64. The first-order valence-corrected chi connectivity index (χ1v) is 10.0. The summed E-state index contributed by atoms with van der Waals surface area (Å²) in [7, 11) is 0. The van der Waals surface area contributed by atoms with E-state index >= 15 is 0 Å². The predicted molar refractivity (Wildman–Crippen MR) is 110 cm³/mol. The van der Waals surface area contributed by atoms with Crippen LogP contribution >= 0.6 is 0 Å². The molecular formula is C22H26N6. The zero-order chi connectivity index (χ0) is 19.5. The van der Waals surface area contributed by atoms with E-state index in [0.29, 0.717) is 0 Å². The first-order chi connectivity index (χ1) is 13.7. The quantitative estimate of drug-likeness (QED) is 0.489. The zero-order valence-electron chi connectivity index (χ0n) is 16.8. The molecule has 0 saturated carbocycles. The lowest BCUT2D eigenvalue weighted by Gasteiger charge is -2.02. The largest absolute Gasteiger partial charge is 0.249 e. The van der Waals surface area contributed by atoms with Crippen LogP contribution in [0.3, 0.4) is 0 Å². The molecule has 0 radical (unpaired) electrons. The van der Waals surface area contributed by atoms with Gasteiger partial charge < -0.3 is 0 Å². The second kappa shape index (κ2) is 7.92. The van der Waals surface area contributed by atoms with Gasteiger partial charge in [0.25, 0.3) is 0 Å². The summed E-state index contributed by atoms with van der Waals surface area (Å²) in [6.45, 7) is 7.24. The lowest BCUT2D eigenvalue weighted by molar-refractivity contribution is 0.566. The maximum atomic E-state index is 4.81. The van der Waals surface area contributed by atoms with Crippen LogP contribution in [-0.4, -0.2) is 29.4 Å². The van der Waals surface area contributed by atoms with E-state index in [9.17, 15) is 0 Å². The molecule has 0 spiro atoms. The molecule has 0 aliphatic rings. The summed E-state index contributed by atoms with van der Waals surface area (Å²) in [6.07, 6.45) is 3.50. The number of fused-ring (bicyclic) bond motifs is 1. The molecular weight excluding hydrogens is 348 g/mol. The smallest absolute Gasteiger partial charge is 0.181 e. The van der Waals surface area contributed by atoms with Crippen molar-refractivity contribution in [3.05, 3.63) is 65.4 Å². The molecule has 28 heavy (non-hydrogen) atoms.